The summed E-state index contributed by atoms with van der Waals surface area (Å²) in [5, 5.41) is 3.27. The van der Waals surface area contributed by atoms with Crippen LogP contribution in [0.4, 0.5) is 0 Å². The van der Waals surface area contributed by atoms with Crippen molar-refractivity contribution in [2.45, 2.75) is 6.04 Å². The van der Waals surface area contributed by atoms with E-state index in [0.717, 1.165) is 5.57 Å². The summed E-state index contributed by atoms with van der Waals surface area (Å²) in [6.07, 6.45) is 5.61. The summed E-state index contributed by atoms with van der Waals surface area (Å²) in [6.45, 7) is 7.52. The van der Waals surface area contributed by atoms with E-state index in [-0.39, 0.29) is 6.04 Å². The van der Waals surface area contributed by atoms with E-state index in [4.69, 9.17) is 0 Å². The van der Waals surface area contributed by atoms with E-state index >= 15 is 0 Å². The molecule has 1 aromatic carbocycles. The maximum absolute atomic E-state index is 3.82. The van der Waals surface area contributed by atoms with Gasteiger partial charge in [-0.1, -0.05) is 61.7 Å². The van der Waals surface area contributed by atoms with Crippen LogP contribution in [0.15, 0.2) is 67.3 Å². The van der Waals surface area contributed by atoms with E-state index in [1.807, 2.05) is 37.4 Å². The zero-order valence-electron chi connectivity index (χ0n) is 9.11. The minimum absolute atomic E-state index is 0.182. The highest BCUT2D eigenvalue weighted by atomic mass is 14.9. The van der Waals surface area contributed by atoms with Crippen molar-refractivity contribution in [3.8, 4) is 0 Å². The molecular weight excluding hydrogens is 182 g/mol. The average molecular weight is 199 g/mol. The molecule has 0 heterocycles. The number of hydrogen-bond donors (Lipinski definition) is 1. The normalized spacial score (nSPS) is 13.3. The second-order valence-electron chi connectivity index (χ2n) is 3.24. The summed E-state index contributed by atoms with van der Waals surface area (Å²) in [5.74, 6) is 0. The van der Waals surface area contributed by atoms with Crippen molar-refractivity contribution in [1.29, 1.82) is 0 Å². The lowest BCUT2D eigenvalue weighted by atomic mass is 9.98. The van der Waals surface area contributed by atoms with Crippen LogP contribution < -0.4 is 5.32 Å². The van der Waals surface area contributed by atoms with Crippen LogP contribution in [0, 0.1) is 0 Å². The molecule has 1 aromatic rings. The highest BCUT2D eigenvalue weighted by Gasteiger charge is 2.10. The van der Waals surface area contributed by atoms with Crippen molar-refractivity contribution >= 4 is 0 Å². The van der Waals surface area contributed by atoms with Gasteiger partial charge in [0.25, 0.3) is 0 Å². The van der Waals surface area contributed by atoms with Crippen LogP contribution in [0.5, 0.6) is 0 Å². The summed E-state index contributed by atoms with van der Waals surface area (Å²) in [7, 11) is 1.94. The van der Waals surface area contributed by atoms with Crippen molar-refractivity contribution in [2.75, 3.05) is 7.05 Å². The standard InChI is InChI=1S/C14H17N/c1-4-9-12(5-2)14(15-3)13-10-7-6-8-11-13/h4-11,14-15H,1-2H2,3H3/b12-9+. The molecule has 1 atom stereocenters. The Bertz CT molecular complexity index is 349. The van der Waals surface area contributed by atoms with E-state index in [1.54, 1.807) is 6.08 Å². The maximum Gasteiger partial charge on any atom is 0.0574 e. The van der Waals surface area contributed by atoms with Crippen LogP contribution in [-0.4, -0.2) is 7.05 Å². The Balaban J connectivity index is 3.03. The molecule has 0 aliphatic carbocycles. The largest absolute Gasteiger partial charge is 0.309 e. The van der Waals surface area contributed by atoms with Crippen LogP contribution in [0.2, 0.25) is 0 Å². The third-order valence-electron chi connectivity index (χ3n) is 2.30. The Labute approximate surface area is 91.8 Å². The van der Waals surface area contributed by atoms with Crippen LogP contribution in [0.25, 0.3) is 0 Å². The number of hydrogen-bond acceptors (Lipinski definition) is 1. The van der Waals surface area contributed by atoms with E-state index < -0.39 is 0 Å². The van der Waals surface area contributed by atoms with Gasteiger partial charge in [0.1, 0.15) is 0 Å². The number of rotatable bonds is 5. The van der Waals surface area contributed by atoms with Crippen molar-refractivity contribution in [3.63, 3.8) is 0 Å². The molecule has 1 nitrogen and oxygen atoms in total. The fourth-order valence-electron chi connectivity index (χ4n) is 1.59. The molecule has 0 spiro atoms. The van der Waals surface area contributed by atoms with Crippen LogP contribution >= 0.6 is 0 Å². The van der Waals surface area contributed by atoms with Crippen molar-refractivity contribution in [2.24, 2.45) is 0 Å². The van der Waals surface area contributed by atoms with Gasteiger partial charge in [-0.15, -0.1) is 0 Å². The Hall–Kier alpha value is -1.60. The Morgan fingerprint density at radius 3 is 2.40 bits per heavy atom. The predicted molar refractivity (Wildman–Crippen MR) is 66.7 cm³/mol. The monoisotopic (exact) mass is 199 g/mol. The van der Waals surface area contributed by atoms with Gasteiger partial charge in [0, 0.05) is 0 Å². The zero-order valence-corrected chi connectivity index (χ0v) is 9.11. The molecule has 0 bridgehead atoms. The second-order valence-corrected chi connectivity index (χ2v) is 3.24. The number of nitrogens with one attached hydrogen (secondary N) is 1. The molecule has 0 saturated heterocycles. The second kappa shape index (κ2) is 5.99. The molecule has 0 aliphatic rings. The first kappa shape index (κ1) is 11.5. The average Bonchev–Trinajstić information content (AvgIpc) is 2.30. The number of likely N-dealkylation sites (N-methyl/N-ethyl adjacent to an activating group) is 1. The Morgan fingerprint density at radius 1 is 1.27 bits per heavy atom. The predicted octanol–water partition coefficient (Wildman–Crippen LogP) is 3.25. The van der Waals surface area contributed by atoms with Crippen LogP contribution in [0.1, 0.15) is 11.6 Å². The molecule has 1 unspecified atom stereocenters. The summed E-state index contributed by atoms with van der Waals surface area (Å²) >= 11 is 0. The third kappa shape index (κ3) is 2.93. The fourth-order valence-corrected chi connectivity index (χ4v) is 1.59. The number of benzene rings is 1. The first-order chi connectivity index (χ1) is 7.33. The molecule has 1 heteroatoms. The zero-order chi connectivity index (χ0) is 11.1. The van der Waals surface area contributed by atoms with E-state index in [1.165, 1.54) is 5.56 Å². The smallest absolute Gasteiger partial charge is 0.0574 e. The van der Waals surface area contributed by atoms with E-state index in [0.29, 0.717) is 0 Å². The molecule has 1 rings (SSSR count). The lowest BCUT2D eigenvalue weighted by Crippen LogP contribution is -2.17. The first-order valence-corrected chi connectivity index (χ1v) is 5.00. The molecular formula is C14H17N. The van der Waals surface area contributed by atoms with Gasteiger partial charge in [0.15, 0.2) is 0 Å². The molecule has 0 amide bonds. The van der Waals surface area contributed by atoms with Gasteiger partial charge in [-0.05, 0) is 18.2 Å². The van der Waals surface area contributed by atoms with Crippen LogP contribution in [0.3, 0.4) is 0 Å². The van der Waals surface area contributed by atoms with Crippen LogP contribution in [-0.2, 0) is 0 Å². The van der Waals surface area contributed by atoms with Crippen molar-refractivity contribution in [1.82, 2.24) is 5.32 Å². The van der Waals surface area contributed by atoms with Gasteiger partial charge in [0.05, 0.1) is 6.04 Å². The minimum atomic E-state index is 0.182. The molecule has 0 aliphatic heterocycles. The fraction of sp³-hybridized carbons (Fsp3) is 0.143. The summed E-state index contributed by atoms with van der Waals surface area (Å²) < 4.78 is 0. The number of allylic oxidation sites excluding steroid dienone is 2. The highest BCUT2D eigenvalue weighted by Crippen LogP contribution is 2.21. The van der Waals surface area contributed by atoms with Gasteiger partial charge in [-0.3, -0.25) is 0 Å². The molecule has 0 aromatic heterocycles. The van der Waals surface area contributed by atoms with Gasteiger partial charge in [0.2, 0.25) is 0 Å². The lowest BCUT2D eigenvalue weighted by molar-refractivity contribution is 0.691. The molecule has 15 heavy (non-hydrogen) atoms. The SMILES string of the molecule is C=C/C=C(\C=C)C(NC)c1ccccc1. The quantitative estimate of drug-likeness (QED) is 0.718. The lowest BCUT2D eigenvalue weighted by Gasteiger charge is -2.17. The highest BCUT2D eigenvalue weighted by molar-refractivity contribution is 5.35. The first-order valence-electron chi connectivity index (χ1n) is 5.00. The van der Waals surface area contributed by atoms with E-state index in [2.05, 4.69) is 30.6 Å². The van der Waals surface area contributed by atoms with Gasteiger partial charge in [-0.25, -0.2) is 0 Å². The topological polar surface area (TPSA) is 12.0 Å². The van der Waals surface area contributed by atoms with Gasteiger partial charge >= 0.3 is 0 Å². The Kier molecular flexibility index (Phi) is 4.58. The van der Waals surface area contributed by atoms with Gasteiger partial charge in [-0.2, -0.15) is 0 Å². The van der Waals surface area contributed by atoms with Gasteiger partial charge < -0.3 is 5.32 Å². The summed E-state index contributed by atoms with van der Waals surface area (Å²) in [4.78, 5) is 0. The summed E-state index contributed by atoms with van der Waals surface area (Å²) in [6, 6.07) is 10.5. The maximum atomic E-state index is 3.82. The molecule has 0 fully saturated rings. The van der Waals surface area contributed by atoms with E-state index in [9.17, 15) is 0 Å². The molecule has 78 valence electrons. The molecule has 0 radical (unpaired) electrons. The third-order valence-corrected chi connectivity index (χ3v) is 2.30. The minimum Gasteiger partial charge on any atom is -0.309 e. The molecule has 1 N–H and O–H groups in total. The summed E-state index contributed by atoms with van der Waals surface area (Å²) in [5.41, 5.74) is 2.35. The van der Waals surface area contributed by atoms with Crippen molar-refractivity contribution in [3.05, 3.63) is 72.9 Å². The Morgan fingerprint density at radius 2 is 1.93 bits per heavy atom. The molecule has 0 saturated carbocycles. The van der Waals surface area contributed by atoms with Crippen molar-refractivity contribution < 1.29 is 0 Å².